The van der Waals surface area contributed by atoms with E-state index in [1.807, 2.05) is 25.3 Å². The zero-order chi connectivity index (χ0) is 12.3. The maximum absolute atomic E-state index is 11.8. The normalized spacial score (nSPS) is 12.6. The monoisotopic (exact) mass is 326 g/mol. The topological polar surface area (TPSA) is 49.4 Å². The lowest BCUT2D eigenvalue weighted by atomic mass is 10.4. The second-order valence-electron chi connectivity index (χ2n) is 3.67. The van der Waals surface area contributed by atoms with Gasteiger partial charge >= 0.3 is 0 Å². The fourth-order valence-electron chi connectivity index (χ4n) is 0.988. The summed E-state index contributed by atoms with van der Waals surface area (Å²) in [6.45, 7) is 4.00. The third-order valence-corrected chi connectivity index (χ3v) is 5.54. The molecule has 0 aliphatic heterocycles. The van der Waals surface area contributed by atoms with Crippen LogP contribution in [-0.4, -0.2) is 25.8 Å². The fraction of sp³-hybridized carbons (Fsp3) is 0.556. The summed E-state index contributed by atoms with van der Waals surface area (Å²) in [5.41, 5.74) is 0. The molecule has 7 heteroatoms. The molecule has 1 heterocycles. The van der Waals surface area contributed by atoms with Crippen LogP contribution in [0.1, 0.15) is 18.7 Å². The van der Waals surface area contributed by atoms with Gasteiger partial charge in [-0.1, -0.05) is 0 Å². The molecule has 1 N–H and O–H groups in total. The summed E-state index contributed by atoms with van der Waals surface area (Å²) in [4.78, 5) is 0.979. The van der Waals surface area contributed by atoms with Gasteiger partial charge in [-0.05, 0) is 35.8 Å². The molecule has 0 amide bonds. The lowest BCUT2D eigenvalue weighted by Gasteiger charge is -2.20. The molecule has 1 rings (SSSR count). The Hall–Kier alpha value is 0.0500. The Morgan fingerprint density at radius 3 is 2.62 bits per heavy atom. The van der Waals surface area contributed by atoms with E-state index < -0.39 is 10.2 Å². The van der Waals surface area contributed by atoms with Crippen LogP contribution in [-0.2, 0) is 16.8 Å². The van der Waals surface area contributed by atoms with Crippen molar-refractivity contribution in [2.45, 2.75) is 26.4 Å². The molecule has 0 radical (unpaired) electrons. The minimum atomic E-state index is -3.37. The van der Waals surface area contributed by atoms with Crippen LogP contribution in [0.4, 0.5) is 0 Å². The van der Waals surface area contributed by atoms with E-state index >= 15 is 0 Å². The molecule has 92 valence electrons. The van der Waals surface area contributed by atoms with Crippen LogP contribution in [0.2, 0.25) is 0 Å². The summed E-state index contributed by atoms with van der Waals surface area (Å²) in [7, 11) is -1.81. The van der Waals surface area contributed by atoms with Crippen molar-refractivity contribution in [3.8, 4) is 0 Å². The zero-order valence-electron chi connectivity index (χ0n) is 9.40. The molecule has 0 spiro atoms. The third kappa shape index (κ3) is 3.81. The minimum Gasteiger partial charge on any atom is -0.197 e. The van der Waals surface area contributed by atoms with Crippen molar-refractivity contribution in [3.05, 3.63) is 20.8 Å². The van der Waals surface area contributed by atoms with E-state index in [2.05, 4.69) is 20.7 Å². The van der Waals surface area contributed by atoms with E-state index in [0.29, 0.717) is 6.54 Å². The quantitative estimate of drug-likeness (QED) is 0.901. The molecule has 0 fully saturated rings. The van der Waals surface area contributed by atoms with Gasteiger partial charge in [0.15, 0.2) is 0 Å². The highest BCUT2D eigenvalue weighted by molar-refractivity contribution is 9.10. The van der Waals surface area contributed by atoms with Gasteiger partial charge in [0.05, 0.1) is 0 Å². The van der Waals surface area contributed by atoms with E-state index in [9.17, 15) is 8.42 Å². The smallest absolute Gasteiger partial charge is 0.197 e. The zero-order valence-corrected chi connectivity index (χ0v) is 12.6. The average molecular weight is 327 g/mol. The largest absolute Gasteiger partial charge is 0.279 e. The Morgan fingerprint density at radius 1 is 1.56 bits per heavy atom. The third-order valence-electron chi connectivity index (χ3n) is 2.16. The summed E-state index contributed by atoms with van der Waals surface area (Å²) in [6, 6.07) is 1.86. The van der Waals surface area contributed by atoms with E-state index in [-0.39, 0.29) is 6.04 Å². The summed E-state index contributed by atoms with van der Waals surface area (Å²) in [6.07, 6.45) is 0. The predicted molar refractivity (Wildman–Crippen MR) is 70.7 cm³/mol. The number of hydrogen-bond acceptors (Lipinski definition) is 3. The van der Waals surface area contributed by atoms with E-state index in [4.69, 9.17) is 0 Å². The van der Waals surface area contributed by atoms with E-state index in [1.165, 1.54) is 15.6 Å². The van der Waals surface area contributed by atoms with Crippen LogP contribution in [0.15, 0.2) is 15.9 Å². The molecule has 0 aromatic carbocycles. The van der Waals surface area contributed by atoms with Crippen LogP contribution in [0, 0.1) is 0 Å². The lowest BCUT2D eigenvalue weighted by molar-refractivity contribution is 0.402. The molecular weight excluding hydrogens is 312 g/mol. The lowest BCUT2D eigenvalue weighted by Crippen LogP contribution is -2.41. The number of thiophene rings is 1. The number of halogens is 1. The highest BCUT2D eigenvalue weighted by Crippen LogP contribution is 2.19. The van der Waals surface area contributed by atoms with Gasteiger partial charge in [0.25, 0.3) is 10.2 Å². The molecule has 0 bridgehead atoms. The summed E-state index contributed by atoms with van der Waals surface area (Å²) in [5.74, 6) is 0. The maximum atomic E-state index is 11.8. The molecule has 4 nitrogen and oxygen atoms in total. The molecule has 0 saturated carbocycles. The van der Waals surface area contributed by atoms with Crippen molar-refractivity contribution in [3.63, 3.8) is 0 Å². The highest BCUT2D eigenvalue weighted by Gasteiger charge is 2.19. The van der Waals surface area contributed by atoms with Crippen molar-refractivity contribution in [1.82, 2.24) is 9.03 Å². The summed E-state index contributed by atoms with van der Waals surface area (Å²) in [5, 5.41) is 1.93. The Balaban J connectivity index is 2.61. The molecule has 0 aliphatic carbocycles. The van der Waals surface area contributed by atoms with Crippen molar-refractivity contribution in [1.29, 1.82) is 0 Å². The number of hydrogen-bond donors (Lipinski definition) is 1. The van der Waals surface area contributed by atoms with Crippen LogP contribution in [0.25, 0.3) is 0 Å². The van der Waals surface area contributed by atoms with E-state index in [1.54, 1.807) is 7.05 Å². The molecule has 1 aromatic rings. The Kier molecular flexibility index (Phi) is 4.93. The SMILES string of the molecule is CC(C)N(C)S(=O)(=O)NCc1cc(Br)cs1. The van der Waals surface area contributed by atoms with Gasteiger partial charge in [0, 0.05) is 34.4 Å². The number of rotatable bonds is 5. The molecule has 1 aromatic heterocycles. The van der Waals surface area contributed by atoms with Crippen LogP contribution < -0.4 is 4.72 Å². The van der Waals surface area contributed by atoms with Crippen LogP contribution >= 0.6 is 27.3 Å². The predicted octanol–water partition coefficient (Wildman–Crippen LogP) is 2.19. The van der Waals surface area contributed by atoms with Gasteiger partial charge in [-0.3, -0.25) is 0 Å². The fourth-order valence-corrected chi connectivity index (χ4v) is 3.57. The van der Waals surface area contributed by atoms with Crippen molar-refractivity contribution in [2.24, 2.45) is 0 Å². The summed E-state index contributed by atoms with van der Waals surface area (Å²) < 4.78 is 28.4. The van der Waals surface area contributed by atoms with E-state index in [0.717, 1.165) is 9.35 Å². The second kappa shape index (κ2) is 5.59. The standard InChI is InChI=1S/C9H15BrN2O2S2/c1-7(2)12(3)16(13,14)11-5-9-4-8(10)6-15-9/h4,6-7,11H,5H2,1-3H3. The van der Waals surface area contributed by atoms with Crippen molar-refractivity contribution in [2.75, 3.05) is 7.05 Å². The molecule has 0 unspecified atom stereocenters. The second-order valence-corrected chi connectivity index (χ2v) is 7.39. The summed E-state index contributed by atoms with van der Waals surface area (Å²) >= 11 is 4.85. The van der Waals surface area contributed by atoms with Gasteiger partial charge in [0.2, 0.25) is 0 Å². The Morgan fingerprint density at radius 2 is 2.19 bits per heavy atom. The van der Waals surface area contributed by atoms with Gasteiger partial charge < -0.3 is 0 Å². The highest BCUT2D eigenvalue weighted by atomic mass is 79.9. The van der Waals surface area contributed by atoms with Gasteiger partial charge in [-0.2, -0.15) is 17.4 Å². The van der Waals surface area contributed by atoms with Crippen molar-refractivity contribution < 1.29 is 8.42 Å². The van der Waals surface area contributed by atoms with Crippen LogP contribution in [0.5, 0.6) is 0 Å². The molecule has 0 aliphatic rings. The molecule has 0 atom stereocenters. The average Bonchev–Trinajstić information content (AvgIpc) is 2.60. The maximum Gasteiger partial charge on any atom is 0.279 e. The first-order valence-electron chi connectivity index (χ1n) is 4.78. The van der Waals surface area contributed by atoms with Gasteiger partial charge in [-0.15, -0.1) is 11.3 Å². The first-order valence-corrected chi connectivity index (χ1v) is 7.89. The molecular formula is C9H15BrN2O2S2. The van der Waals surface area contributed by atoms with Gasteiger partial charge in [-0.25, -0.2) is 0 Å². The Bertz CT molecular complexity index is 442. The number of nitrogens with one attached hydrogen (secondary N) is 1. The first kappa shape index (κ1) is 14.1. The molecule has 16 heavy (non-hydrogen) atoms. The molecule has 0 saturated heterocycles. The van der Waals surface area contributed by atoms with Gasteiger partial charge in [0.1, 0.15) is 0 Å². The number of nitrogens with zero attached hydrogens (tertiary/aromatic N) is 1. The first-order chi connectivity index (χ1) is 7.33. The van der Waals surface area contributed by atoms with Crippen molar-refractivity contribution >= 4 is 37.5 Å². The minimum absolute atomic E-state index is 0.0485. The Labute approximate surface area is 109 Å². The van der Waals surface area contributed by atoms with Crippen LogP contribution in [0.3, 0.4) is 0 Å².